The average Bonchev–Trinajstić information content (AvgIpc) is 2.55. The summed E-state index contributed by atoms with van der Waals surface area (Å²) in [5, 5.41) is 0.268. The van der Waals surface area contributed by atoms with Crippen molar-refractivity contribution >= 4 is 33.3 Å². The summed E-state index contributed by atoms with van der Waals surface area (Å²) in [7, 11) is 0. The molecule has 3 heterocycles. The number of anilines is 1. The summed E-state index contributed by atoms with van der Waals surface area (Å²) in [4.78, 5) is 20.7. The first-order chi connectivity index (χ1) is 8.16. The second-order valence-corrected chi connectivity index (χ2v) is 6.14. The highest BCUT2D eigenvalue weighted by Gasteiger charge is 2.41. The standard InChI is InChI=1S/C11H13BrClN3O/c12-9-10(14-5-15-11(9)17)16-7-1-2-8(16)4-6(13)3-7/h5-8H,1-4H2,(H,14,15,17). The summed E-state index contributed by atoms with van der Waals surface area (Å²) in [6.07, 6.45) is 5.73. The fourth-order valence-electron chi connectivity index (χ4n) is 3.01. The zero-order valence-corrected chi connectivity index (χ0v) is 11.5. The highest BCUT2D eigenvalue weighted by atomic mass is 79.9. The molecule has 6 heteroatoms. The van der Waals surface area contributed by atoms with E-state index in [1.165, 1.54) is 6.33 Å². The van der Waals surface area contributed by atoms with Crippen LogP contribution in [0.25, 0.3) is 0 Å². The van der Waals surface area contributed by atoms with Crippen LogP contribution in [0.15, 0.2) is 15.6 Å². The first kappa shape index (κ1) is 11.5. The lowest BCUT2D eigenvalue weighted by molar-refractivity contribution is 0.469. The number of halogens is 2. The van der Waals surface area contributed by atoms with Crippen molar-refractivity contribution in [3.05, 3.63) is 21.2 Å². The Balaban J connectivity index is 2.00. The molecule has 92 valence electrons. The van der Waals surface area contributed by atoms with E-state index >= 15 is 0 Å². The molecule has 2 unspecified atom stereocenters. The van der Waals surface area contributed by atoms with Crippen molar-refractivity contribution in [1.82, 2.24) is 9.97 Å². The van der Waals surface area contributed by atoms with Gasteiger partial charge in [-0.15, -0.1) is 11.6 Å². The number of rotatable bonds is 1. The van der Waals surface area contributed by atoms with Crippen molar-refractivity contribution in [3.8, 4) is 0 Å². The van der Waals surface area contributed by atoms with Crippen LogP contribution >= 0.6 is 27.5 Å². The highest BCUT2D eigenvalue weighted by Crippen LogP contribution is 2.41. The van der Waals surface area contributed by atoms with Crippen LogP contribution in [0.1, 0.15) is 25.7 Å². The van der Waals surface area contributed by atoms with Crippen LogP contribution in [-0.4, -0.2) is 27.4 Å². The van der Waals surface area contributed by atoms with E-state index in [1.54, 1.807) is 0 Å². The minimum Gasteiger partial charge on any atom is -0.349 e. The summed E-state index contributed by atoms with van der Waals surface area (Å²) in [6.45, 7) is 0. The number of nitrogens with zero attached hydrogens (tertiary/aromatic N) is 2. The van der Waals surface area contributed by atoms with Gasteiger partial charge in [0, 0.05) is 17.5 Å². The Morgan fingerprint density at radius 2 is 2.06 bits per heavy atom. The van der Waals surface area contributed by atoms with E-state index in [4.69, 9.17) is 11.6 Å². The summed E-state index contributed by atoms with van der Waals surface area (Å²) in [5.74, 6) is 0.768. The van der Waals surface area contributed by atoms with Gasteiger partial charge in [0.15, 0.2) is 5.82 Å². The van der Waals surface area contributed by atoms with Crippen molar-refractivity contribution in [3.63, 3.8) is 0 Å². The lowest BCUT2D eigenvalue weighted by atomic mass is 10.0. The van der Waals surface area contributed by atoms with E-state index in [1.807, 2.05) is 0 Å². The quantitative estimate of drug-likeness (QED) is 0.808. The fraction of sp³-hybridized carbons (Fsp3) is 0.636. The predicted octanol–water partition coefficient (Wildman–Crippen LogP) is 2.27. The second kappa shape index (κ2) is 4.28. The van der Waals surface area contributed by atoms with E-state index in [0.717, 1.165) is 31.5 Å². The molecule has 17 heavy (non-hydrogen) atoms. The van der Waals surface area contributed by atoms with Gasteiger partial charge in [-0.25, -0.2) is 4.98 Å². The molecular weight excluding hydrogens is 305 g/mol. The molecule has 0 aromatic carbocycles. The van der Waals surface area contributed by atoms with Gasteiger partial charge in [0.2, 0.25) is 0 Å². The lowest BCUT2D eigenvalue weighted by Gasteiger charge is -2.38. The Kier molecular flexibility index (Phi) is 2.91. The number of hydrogen-bond acceptors (Lipinski definition) is 3. The Morgan fingerprint density at radius 1 is 1.41 bits per heavy atom. The van der Waals surface area contributed by atoms with Crippen molar-refractivity contribution in [2.24, 2.45) is 0 Å². The van der Waals surface area contributed by atoms with Crippen LogP contribution in [0.4, 0.5) is 5.82 Å². The molecule has 3 rings (SSSR count). The van der Waals surface area contributed by atoms with E-state index in [9.17, 15) is 4.79 Å². The zero-order chi connectivity index (χ0) is 12.0. The molecule has 0 saturated carbocycles. The van der Waals surface area contributed by atoms with Crippen molar-refractivity contribution < 1.29 is 0 Å². The number of aromatic nitrogens is 2. The number of H-pyrrole nitrogens is 1. The van der Waals surface area contributed by atoms with Crippen LogP contribution in [0.5, 0.6) is 0 Å². The maximum atomic E-state index is 11.6. The molecule has 1 aromatic heterocycles. The van der Waals surface area contributed by atoms with Crippen LogP contribution in [0, 0.1) is 0 Å². The second-order valence-electron chi connectivity index (χ2n) is 4.73. The third kappa shape index (κ3) is 1.89. The van der Waals surface area contributed by atoms with Crippen LogP contribution in [-0.2, 0) is 0 Å². The Bertz CT molecular complexity index is 478. The molecule has 2 atom stereocenters. The molecule has 2 fully saturated rings. The number of hydrogen-bond donors (Lipinski definition) is 1. The largest absolute Gasteiger partial charge is 0.349 e. The third-order valence-corrected chi connectivity index (χ3v) is 4.77. The van der Waals surface area contributed by atoms with E-state index in [0.29, 0.717) is 16.6 Å². The predicted molar refractivity (Wildman–Crippen MR) is 70.7 cm³/mol. The molecule has 2 aliphatic rings. The van der Waals surface area contributed by atoms with Gasteiger partial charge in [0.05, 0.1) is 6.33 Å². The number of aromatic amines is 1. The normalized spacial score (nSPS) is 31.9. The summed E-state index contributed by atoms with van der Waals surface area (Å²) in [6, 6.07) is 0.865. The first-order valence-corrected chi connectivity index (χ1v) is 7.05. The molecule has 0 radical (unpaired) electrons. The molecule has 2 aliphatic heterocycles. The molecule has 4 nitrogen and oxygen atoms in total. The first-order valence-electron chi connectivity index (χ1n) is 5.82. The molecule has 1 aromatic rings. The zero-order valence-electron chi connectivity index (χ0n) is 9.20. The van der Waals surface area contributed by atoms with E-state index in [2.05, 4.69) is 30.8 Å². The highest BCUT2D eigenvalue weighted by molar-refractivity contribution is 9.10. The summed E-state index contributed by atoms with van der Waals surface area (Å²) in [5.41, 5.74) is -0.123. The van der Waals surface area contributed by atoms with Gasteiger partial charge >= 0.3 is 0 Å². The van der Waals surface area contributed by atoms with Gasteiger partial charge in [-0.2, -0.15) is 0 Å². The molecule has 0 amide bonds. The van der Waals surface area contributed by atoms with Gasteiger partial charge in [-0.1, -0.05) is 0 Å². The Hall–Kier alpha value is -0.550. The molecule has 1 N–H and O–H groups in total. The number of piperidine rings is 1. The van der Waals surface area contributed by atoms with Crippen molar-refractivity contribution in [1.29, 1.82) is 0 Å². The number of alkyl halides is 1. The number of nitrogens with one attached hydrogen (secondary N) is 1. The SMILES string of the molecule is O=c1[nH]cnc(N2C3CCC2CC(Cl)C3)c1Br. The van der Waals surface area contributed by atoms with Gasteiger partial charge < -0.3 is 9.88 Å². The molecular formula is C11H13BrClN3O. The summed E-state index contributed by atoms with van der Waals surface area (Å²) < 4.78 is 0.532. The van der Waals surface area contributed by atoms with Crippen LogP contribution < -0.4 is 10.5 Å². The Labute approximate surface area is 113 Å². The minimum absolute atomic E-state index is 0.123. The lowest BCUT2D eigenvalue weighted by Crippen LogP contribution is -2.44. The topological polar surface area (TPSA) is 49.0 Å². The van der Waals surface area contributed by atoms with Crippen LogP contribution in [0.2, 0.25) is 0 Å². The minimum atomic E-state index is -0.123. The maximum absolute atomic E-state index is 11.6. The van der Waals surface area contributed by atoms with Gasteiger partial charge in [-0.05, 0) is 41.6 Å². The van der Waals surface area contributed by atoms with Gasteiger partial charge in [0.25, 0.3) is 5.56 Å². The third-order valence-electron chi connectivity index (χ3n) is 3.70. The maximum Gasteiger partial charge on any atom is 0.267 e. The average molecular weight is 319 g/mol. The van der Waals surface area contributed by atoms with Crippen molar-refractivity contribution in [2.75, 3.05) is 4.90 Å². The van der Waals surface area contributed by atoms with Crippen molar-refractivity contribution in [2.45, 2.75) is 43.1 Å². The monoisotopic (exact) mass is 317 g/mol. The molecule has 0 spiro atoms. The molecule has 2 saturated heterocycles. The molecule has 0 aliphatic carbocycles. The van der Waals surface area contributed by atoms with E-state index < -0.39 is 0 Å². The van der Waals surface area contributed by atoms with Crippen LogP contribution in [0.3, 0.4) is 0 Å². The Morgan fingerprint density at radius 3 is 2.71 bits per heavy atom. The number of fused-ring (bicyclic) bond motifs is 2. The smallest absolute Gasteiger partial charge is 0.267 e. The molecule has 2 bridgehead atoms. The summed E-state index contributed by atoms with van der Waals surface area (Å²) >= 11 is 9.58. The van der Waals surface area contributed by atoms with Gasteiger partial charge in [-0.3, -0.25) is 4.79 Å². The van der Waals surface area contributed by atoms with E-state index in [-0.39, 0.29) is 10.9 Å². The fourth-order valence-corrected chi connectivity index (χ4v) is 3.84. The van der Waals surface area contributed by atoms with Gasteiger partial charge in [0.1, 0.15) is 4.47 Å².